The van der Waals surface area contributed by atoms with E-state index in [1.807, 2.05) is 6.07 Å². The van der Waals surface area contributed by atoms with Crippen LogP contribution in [-0.2, 0) is 9.59 Å². The van der Waals surface area contributed by atoms with Gasteiger partial charge in [-0.2, -0.15) is 0 Å². The summed E-state index contributed by atoms with van der Waals surface area (Å²) in [6, 6.07) is 8.91. The van der Waals surface area contributed by atoms with Gasteiger partial charge in [0.1, 0.15) is 7.85 Å². The van der Waals surface area contributed by atoms with Crippen molar-refractivity contribution in [3.05, 3.63) is 41.9 Å². The molecule has 3 nitrogen and oxygen atoms in total. The minimum absolute atomic E-state index is 0.235. The lowest BCUT2D eigenvalue weighted by molar-refractivity contribution is -0.120. The van der Waals surface area contributed by atoms with Gasteiger partial charge in [-0.25, -0.2) is 4.90 Å². The Labute approximate surface area is 82.4 Å². The fraction of sp³-hybridized carbons (Fsp3) is 0. The first-order chi connectivity index (χ1) is 6.70. The van der Waals surface area contributed by atoms with Gasteiger partial charge in [-0.1, -0.05) is 18.2 Å². The summed E-state index contributed by atoms with van der Waals surface area (Å²) >= 11 is 0. The highest BCUT2D eigenvalue weighted by Gasteiger charge is 2.28. The molecule has 0 aromatic heterocycles. The van der Waals surface area contributed by atoms with Crippen molar-refractivity contribution in [2.24, 2.45) is 0 Å². The third kappa shape index (κ3) is 1.25. The Morgan fingerprint density at radius 3 is 2.21 bits per heavy atom. The Morgan fingerprint density at radius 2 is 1.71 bits per heavy atom. The van der Waals surface area contributed by atoms with Crippen molar-refractivity contribution in [3.63, 3.8) is 0 Å². The molecule has 0 N–H and O–H groups in total. The zero-order valence-corrected chi connectivity index (χ0v) is 7.73. The van der Waals surface area contributed by atoms with Crippen LogP contribution in [0.5, 0.6) is 0 Å². The van der Waals surface area contributed by atoms with E-state index in [-0.39, 0.29) is 11.8 Å². The molecule has 0 atom stereocenters. The van der Waals surface area contributed by atoms with E-state index >= 15 is 0 Å². The first-order valence-corrected chi connectivity index (χ1v) is 4.32. The molecule has 1 aliphatic rings. The second kappa shape index (κ2) is 3.14. The summed E-state index contributed by atoms with van der Waals surface area (Å²) in [5.41, 5.74) is 1.11. The Hall–Kier alpha value is -1.84. The number of carbonyl (C=O) groups excluding carboxylic acids is 2. The SMILES string of the molecule is BC1=CC(=O)N(c2ccccc2)C1=O. The van der Waals surface area contributed by atoms with Crippen LogP contribution in [0.1, 0.15) is 0 Å². The van der Waals surface area contributed by atoms with Gasteiger partial charge in [0.2, 0.25) is 0 Å². The molecule has 4 heteroatoms. The number of carbonyl (C=O) groups is 2. The Kier molecular flexibility index (Phi) is 1.96. The van der Waals surface area contributed by atoms with E-state index in [9.17, 15) is 9.59 Å². The lowest BCUT2D eigenvalue weighted by Gasteiger charge is -2.13. The molecule has 0 radical (unpaired) electrons. The van der Waals surface area contributed by atoms with Crippen molar-refractivity contribution >= 4 is 25.3 Å². The molecular formula is C10H8BNO2. The molecule has 0 bridgehead atoms. The molecule has 2 amide bonds. The summed E-state index contributed by atoms with van der Waals surface area (Å²) in [4.78, 5) is 24.2. The molecule has 0 unspecified atom stereocenters. The van der Waals surface area contributed by atoms with E-state index in [0.717, 1.165) is 0 Å². The number of para-hydroxylation sites is 1. The maximum Gasteiger partial charge on any atom is 0.257 e. The summed E-state index contributed by atoms with van der Waals surface area (Å²) in [5.74, 6) is -0.500. The number of amides is 2. The van der Waals surface area contributed by atoms with E-state index in [0.29, 0.717) is 11.2 Å². The standard InChI is InChI=1S/C10H8BNO2/c11-8-6-9(13)12(10(8)14)7-4-2-1-3-5-7/h1-6H,11H2. The number of hydrogen-bond donors (Lipinski definition) is 0. The molecule has 0 spiro atoms. The van der Waals surface area contributed by atoms with E-state index in [2.05, 4.69) is 0 Å². The number of anilines is 1. The van der Waals surface area contributed by atoms with Crippen LogP contribution in [0.15, 0.2) is 41.9 Å². The van der Waals surface area contributed by atoms with Gasteiger partial charge < -0.3 is 0 Å². The van der Waals surface area contributed by atoms with Crippen LogP contribution in [0, 0.1) is 0 Å². The maximum atomic E-state index is 11.6. The summed E-state index contributed by atoms with van der Waals surface area (Å²) < 4.78 is 0. The maximum absolute atomic E-state index is 11.6. The van der Waals surface area contributed by atoms with Crippen molar-refractivity contribution in [1.82, 2.24) is 0 Å². The van der Waals surface area contributed by atoms with Gasteiger partial charge in [-0.15, -0.1) is 0 Å². The molecule has 2 rings (SSSR count). The normalized spacial score (nSPS) is 16.0. The molecule has 0 saturated carbocycles. The number of hydrogen-bond acceptors (Lipinski definition) is 2. The Morgan fingerprint density at radius 1 is 1.07 bits per heavy atom. The molecule has 68 valence electrons. The molecule has 1 aliphatic heterocycles. The first-order valence-electron chi connectivity index (χ1n) is 4.32. The smallest absolute Gasteiger partial charge is 0.257 e. The molecule has 1 aromatic carbocycles. The van der Waals surface area contributed by atoms with Crippen LogP contribution in [0.2, 0.25) is 0 Å². The summed E-state index contributed by atoms with van der Waals surface area (Å²) in [6.07, 6.45) is 1.36. The third-order valence-corrected chi connectivity index (χ3v) is 2.12. The van der Waals surface area contributed by atoms with Crippen molar-refractivity contribution in [2.45, 2.75) is 0 Å². The molecule has 1 aromatic rings. The van der Waals surface area contributed by atoms with Gasteiger partial charge in [0.15, 0.2) is 0 Å². The van der Waals surface area contributed by atoms with Gasteiger partial charge in [0, 0.05) is 6.08 Å². The topological polar surface area (TPSA) is 37.4 Å². The average Bonchev–Trinajstić information content (AvgIpc) is 2.43. The highest BCUT2D eigenvalue weighted by Crippen LogP contribution is 2.20. The van der Waals surface area contributed by atoms with Crippen LogP contribution in [0.3, 0.4) is 0 Å². The lowest BCUT2D eigenvalue weighted by atomic mass is 9.96. The van der Waals surface area contributed by atoms with Crippen LogP contribution >= 0.6 is 0 Å². The van der Waals surface area contributed by atoms with E-state index in [4.69, 9.17) is 0 Å². The lowest BCUT2D eigenvalue weighted by Crippen LogP contribution is -2.30. The van der Waals surface area contributed by atoms with Gasteiger partial charge in [0.25, 0.3) is 11.8 Å². The van der Waals surface area contributed by atoms with Crippen molar-refractivity contribution in [2.75, 3.05) is 4.90 Å². The fourth-order valence-corrected chi connectivity index (χ4v) is 1.41. The summed E-state index contributed by atoms with van der Waals surface area (Å²) in [6.45, 7) is 0. The highest BCUT2D eigenvalue weighted by atomic mass is 16.2. The van der Waals surface area contributed by atoms with Gasteiger partial charge in [0.05, 0.1) is 5.69 Å². The number of benzene rings is 1. The predicted octanol–water partition coefficient (Wildman–Crippen LogP) is 0.0768. The fourth-order valence-electron chi connectivity index (χ4n) is 1.41. The quantitative estimate of drug-likeness (QED) is 0.458. The van der Waals surface area contributed by atoms with Crippen LogP contribution in [-0.4, -0.2) is 19.7 Å². The predicted molar refractivity (Wildman–Crippen MR) is 55.6 cm³/mol. The molecular weight excluding hydrogens is 177 g/mol. The molecule has 0 fully saturated rings. The van der Waals surface area contributed by atoms with Crippen LogP contribution < -0.4 is 4.90 Å². The second-order valence-electron chi connectivity index (χ2n) is 3.14. The van der Waals surface area contributed by atoms with Crippen molar-refractivity contribution in [1.29, 1.82) is 0 Å². The van der Waals surface area contributed by atoms with Crippen LogP contribution in [0.4, 0.5) is 5.69 Å². The summed E-state index contributed by atoms with van der Waals surface area (Å²) in [7, 11) is 1.64. The monoisotopic (exact) mass is 185 g/mol. The van der Waals surface area contributed by atoms with Gasteiger partial charge >= 0.3 is 0 Å². The van der Waals surface area contributed by atoms with E-state index in [1.54, 1.807) is 32.1 Å². The zero-order valence-electron chi connectivity index (χ0n) is 7.73. The Balaban J connectivity index is 2.39. The number of rotatable bonds is 1. The molecule has 14 heavy (non-hydrogen) atoms. The minimum Gasteiger partial charge on any atom is -0.270 e. The van der Waals surface area contributed by atoms with Crippen LogP contribution in [0.25, 0.3) is 0 Å². The summed E-state index contributed by atoms with van der Waals surface area (Å²) in [5, 5.41) is 0. The molecule has 1 heterocycles. The number of imide groups is 1. The second-order valence-corrected chi connectivity index (χ2v) is 3.14. The minimum atomic E-state index is -0.265. The average molecular weight is 185 g/mol. The molecule has 0 saturated heterocycles. The van der Waals surface area contributed by atoms with Crippen molar-refractivity contribution in [3.8, 4) is 0 Å². The highest BCUT2D eigenvalue weighted by molar-refractivity contribution is 6.47. The number of nitrogens with zero attached hydrogens (tertiary/aromatic N) is 1. The van der Waals surface area contributed by atoms with E-state index < -0.39 is 0 Å². The Bertz CT molecular complexity index is 425. The third-order valence-electron chi connectivity index (χ3n) is 2.12. The largest absolute Gasteiger partial charge is 0.270 e. The van der Waals surface area contributed by atoms with E-state index in [1.165, 1.54) is 11.0 Å². The molecule has 0 aliphatic carbocycles. The van der Waals surface area contributed by atoms with Crippen molar-refractivity contribution < 1.29 is 9.59 Å². The van der Waals surface area contributed by atoms with Gasteiger partial charge in [-0.05, 0) is 17.6 Å². The first kappa shape index (κ1) is 8.75. The van der Waals surface area contributed by atoms with Gasteiger partial charge in [-0.3, -0.25) is 9.59 Å². The zero-order chi connectivity index (χ0) is 10.1.